The van der Waals surface area contributed by atoms with Gasteiger partial charge in [0.1, 0.15) is 5.69 Å². The number of methoxy groups -OCH3 is 1. The van der Waals surface area contributed by atoms with Crippen LogP contribution in [0.5, 0.6) is 5.75 Å². The number of aryl methyl sites for hydroxylation is 1. The van der Waals surface area contributed by atoms with E-state index in [4.69, 9.17) is 4.74 Å². The molecular weight excluding hydrogens is 326 g/mol. The summed E-state index contributed by atoms with van der Waals surface area (Å²) in [6, 6.07) is 2.22. The molecule has 2 aromatic heterocycles. The van der Waals surface area contributed by atoms with Crippen LogP contribution in [-0.2, 0) is 6.54 Å². The van der Waals surface area contributed by atoms with Gasteiger partial charge in [0.25, 0.3) is 0 Å². The van der Waals surface area contributed by atoms with Crippen molar-refractivity contribution in [3.63, 3.8) is 0 Å². The van der Waals surface area contributed by atoms with Crippen LogP contribution in [-0.4, -0.2) is 23.9 Å². The first-order valence-electron chi connectivity index (χ1n) is 6.22. The number of thiophene rings is 1. The Morgan fingerprint density at radius 3 is 2.89 bits per heavy atom. The Balaban J connectivity index is 2.44. The molecule has 2 rings (SSSR count). The van der Waals surface area contributed by atoms with E-state index in [1.54, 1.807) is 24.6 Å². The van der Waals surface area contributed by atoms with Crippen molar-refractivity contribution in [3.05, 3.63) is 32.7 Å². The first kappa shape index (κ1) is 14.6. The lowest BCUT2D eigenvalue weighted by Crippen LogP contribution is -2.21. The van der Waals surface area contributed by atoms with E-state index in [0.717, 1.165) is 28.2 Å². The second kappa shape index (κ2) is 6.54. The molecule has 2 heterocycles. The zero-order valence-electron chi connectivity index (χ0n) is 11.3. The molecule has 0 aromatic carbocycles. The van der Waals surface area contributed by atoms with Gasteiger partial charge in [-0.25, -0.2) is 0 Å². The van der Waals surface area contributed by atoms with Crippen LogP contribution in [0.3, 0.4) is 0 Å². The number of hydrogen-bond donors (Lipinski definition) is 1. The maximum absolute atomic E-state index is 5.45. The molecule has 0 aliphatic rings. The Labute approximate surface area is 125 Å². The first-order chi connectivity index (χ1) is 9.21. The Hall–Kier alpha value is -0.850. The van der Waals surface area contributed by atoms with Crippen molar-refractivity contribution in [2.24, 2.45) is 0 Å². The van der Waals surface area contributed by atoms with E-state index < -0.39 is 0 Å². The molecule has 1 N–H and O–H groups in total. The molecule has 0 aliphatic carbocycles. The Morgan fingerprint density at radius 2 is 2.37 bits per heavy atom. The summed E-state index contributed by atoms with van der Waals surface area (Å²) < 4.78 is 8.60. The topological polar surface area (TPSA) is 39.1 Å². The monoisotopic (exact) mass is 343 g/mol. The third-order valence-corrected chi connectivity index (χ3v) is 4.51. The van der Waals surface area contributed by atoms with Gasteiger partial charge in [-0.15, -0.1) is 11.3 Å². The molecule has 0 spiro atoms. The molecular formula is C13H18BrN3OS. The van der Waals surface area contributed by atoms with Gasteiger partial charge < -0.3 is 10.1 Å². The predicted molar refractivity (Wildman–Crippen MR) is 82.0 cm³/mol. The number of nitrogens with one attached hydrogen (secondary N) is 1. The van der Waals surface area contributed by atoms with Gasteiger partial charge in [-0.1, -0.05) is 6.92 Å². The van der Waals surface area contributed by atoms with E-state index in [9.17, 15) is 0 Å². The quantitative estimate of drug-likeness (QED) is 0.873. The minimum absolute atomic E-state index is 0.0894. The van der Waals surface area contributed by atoms with E-state index in [1.165, 1.54) is 5.56 Å². The van der Waals surface area contributed by atoms with Crippen molar-refractivity contribution in [1.82, 2.24) is 15.1 Å². The lowest BCUT2D eigenvalue weighted by molar-refractivity contribution is 0.400. The van der Waals surface area contributed by atoms with E-state index in [1.807, 2.05) is 11.7 Å². The van der Waals surface area contributed by atoms with Crippen molar-refractivity contribution >= 4 is 27.3 Å². The van der Waals surface area contributed by atoms with Crippen molar-refractivity contribution in [2.75, 3.05) is 14.2 Å². The molecule has 0 saturated heterocycles. The van der Waals surface area contributed by atoms with Gasteiger partial charge in [0.05, 0.1) is 23.1 Å². The Bertz CT molecular complexity index is 538. The Kier molecular flexibility index (Phi) is 5.01. The summed E-state index contributed by atoms with van der Waals surface area (Å²) in [6.45, 7) is 3.04. The van der Waals surface area contributed by atoms with Gasteiger partial charge >= 0.3 is 0 Å². The maximum atomic E-state index is 5.45. The number of nitrogens with zero attached hydrogens (tertiary/aromatic N) is 2. The fourth-order valence-corrected chi connectivity index (χ4v) is 3.35. The molecule has 0 saturated carbocycles. The lowest BCUT2D eigenvalue weighted by atomic mass is 10.1. The highest BCUT2D eigenvalue weighted by atomic mass is 79.9. The van der Waals surface area contributed by atoms with Gasteiger partial charge in [0, 0.05) is 6.54 Å². The standard InChI is InChI=1S/C13H18BrN3OS/c1-4-5-17-13(10(18-3)7-16-17)12(15-2)9-6-11(14)19-8-9/h6-8,12,15H,4-5H2,1-3H3. The molecule has 0 amide bonds. The SMILES string of the molecule is CCCn1ncc(OC)c1C(NC)c1csc(Br)c1. The normalized spacial score (nSPS) is 12.6. The summed E-state index contributed by atoms with van der Waals surface area (Å²) in [5.74, 6) is 0.829. The fraction of sp³-hybridized carbons (Fsp3) is 0.462. The van der Waals surface area contributed by atoms with Crippen molar-refractivity contribution in [2.45, 2.75) is 25.9 Å². The van der Waals surface area contributed by atoms with Gasteiger partial charge in [0.2, 0.25) is 0 Å². The van der Waals surface area contributed by atoms with Crippen LogP contribution in [0.2, 0.25) is 0 Å². The summed E-state index contributed by atoms with van der Waals surface area (Å²) in [4.78, 5) is 0. The highest BCUT2D eigenvalue weighted by molar-refractivity contribution is 9.11. The van der Waals surface area contributed by atoms with Crippen LogP contribution in [0.15, 0.2) is 21.4 Å². The summed E-state index contributed by atoms with van der Waals surface area (Å²) in [6.07, 6.45) is 2.83. The molecule has 4 nitrogen and oxygen atoms in total. The smallest absolute Gasteiger partial charge is 0.161 e. The average molecular weight is 344 g/mol. The lowest BCUT2D eigenvalue weighted by Gasteiger charge is -2.18. The molecule has 104 valence electrons. The highest BCUT2D eigenvalue weighted by Gasteiger charge is 2.22. The third kappa shape index (κ3) is 3.01. The summed E-state index contributed by atoms with van der Waals surface area (Å²) in [5.41, 5.74) is 2.30. The molecule has 0 aliphatic heterocycles. The van der Waals surface area contributed by atoms with Crippen molar-refractivity contribution < 1.29 is 4.74 Å². The van der Waals surface area contributed by atoms with Crippen LogP contribution in [0, 0.1) is 0 Å². The van der Waals surface area contributed by atoms with Crippen molar-refractivity contribution in [3.8, 4) is 5.75 Å². The zero-order chi connectivity index (χ0) is 13.8. The predicted octanol–water partition coefficient (Wildman–Crippen LogP) is 3.43. The van der Waals surface area contributed by atoms with Crippen LogP contribution >= 0.6 is 27.3 Å². The number of ether oxygens (including phenoxy) is 1. The summed E-state index contributed by atoms with van der Waals surface area (Å²) in [5, 5.41) is 9.92. The van der Waals surface area contributed by atoms with Gasteiger partial charge in [0.15, 0.2) is 5.75 Å². The minimum Gasteiger partial charge on any atom is -0.493 e. The van der Waals surface area contributed by atoms with Crippen LogP contribution in [0.1, 0.15) is 30.6 Å². The second-order valence-corrected chi connectivity index (χ2v) is 6.52. The van der Waals surface area contributed by atoms with Gasteiger partial charge in [-0.05, 0) is 46.4 Å². The zero-order valence-corrected chi connectivity index (χ0v) is 13.7. The number of rotatable bonds is 6. The van der Waals surface area contributed by atoms with E-state index in [0.29, 0.717) is 0 Å². The molecule has 2 aromatic rings. The summed E-state index contributed by atoms with van der Waals surface area (Å²) >= 11 is 5.20. The maximum Gasteiger partial charge on any atom is 0.161 e. The summed E-state index contributed by atoms with van der Waals surface area (Å²) in [7, 11) is 3.64. The fourth-order valence-electron chi connectivity index (χ4n) is 2.15. The number of aromatic nitrogens is 2. The largest absolute Gasteiger partial charge is 0.493 e. The molecule has 1 atom stereocenters. The number of hydrogen-bond acceptors (Lipinski definition) is 4. The molecule has 6 heteroatoms. The first-order valence-corrected chi connectivity index (χ1v) is 7.89. The minimum atomic E-state index is 0.0894. The van der Waals surface area contributed by atoms with Gasteiger partial charge in [-0.3, -0.25) is 4.68 Å². The van der Waals surface area contributed by atoms with Crippen LogP contribution < -0.4 is 10.1 Å². The van der Waals surface area contributed by atoms with Crippen LogP contribution in [0.4, 0.5) is 0 Å². The molecule has 0 bridgehead atoms. The van der Waals surface area contributed by atoms with E-state index >= 15 is 0 Å². The third-order valence-electron chi connectivity index (χ3n) is 2.98. The molecule has 19 heavy (non-hydrogen) atoms. The van der Waals surface area contributed by atoms with E-state index in [2.05, 4.69) is 44.7 Å². The van der Waals surface area contributed by atoms with E-state index in [-0.39, 0.29) is 6.04 Å². The highest BCUT2D eigenvalue weighted by Crippen LogP contribution is 2.33. The van der Waals surface area contributed by atoms with Crippen LogP contribution in [0.25, 0.3) is 0 Å². The average Bonchev–Trinajstić information content (AvgIpc) is 2.99. The Morgan fingerprint density at radius 1 is 1.58 bits per heavy atom. The molecule has 0 fully saturated rings. The van der Waals surface area contributed by atoms with Gasteiger partial charge in [-0.2, -0.15) is 5.10 Å². The number of halogens is 1. The molecule has 1 unspecified atom stereocenters. The van der Waals surface area contributed by atoms with Crippen molar-refractivity contribution in [1.29, 1.82) is 0 Å². The molecule has 0 radical (unpaired) electrons. The second-order valence-electron chi connectivity index (χ2n) is 4.23.